The molecule has 0 radical (unpaired) electrons. The molecule has 0 bridgehead atoms. The number of benzene rings is 1. The highest BCUT2D eigenvalue weighted by atomic mass is 32.1. The van der Waals surface area contributed by atoms with Gasteiger partial charge in [-0.25, -0.2) is 4.98 Å². The maximum Gasteiger partial charge on any atom is 0.135 e. The van der Waals surface area contributed by atoms with Gasteiger partial charge in [0.15, 0.2) is 0 Å². The van der Waals surface area contributed by atoms with Crippen molar-refractivity contribution in [1.82, 2.24) is 4.98 Å². The Hall–Kier alpha value is -1.48. The number of aryl methyl sites for hydroxylation is 1. The number of hydrogen-bond donors (Lipinski definition) is 0. The molecule has 2 nitrogen and oxygen atoms in total. The molecule has 0 saturated heterocycles. The summed E-state index contributed by atoms with van der Waals surface area (Å²) in [6, 6.07) is 8.44. The van der Waals surface area contributed by atoms with Crippen molar-refractivity contribution in [3.63, 3.8) is 0 Å². The van der Waals surface area contributed by atoms with Crippen LogP contribution < -0.4 is 0 Å². The van der Waals surface area contributed by atoms with Crippen LogP contribution in [-0.4, -0.2) is 10.8 Å². The number of rotatable bonds is 4. The van der Waals surface area contributed by atoms with Crippen LogP contribution in [0.2, 0.25) is 0 Å². The van der Waals surface area contributed by atoms with Gasteiger partial charge in [-0.1, -0.05) is 29.8 Å². The van der Waals surface area contributed by atoms with Crippen LogP contribution in [0.25, 0.3) is 0 Å². The third-order valence-corrected chi connectivity index (χ3v) is 3.46. The molecular formula is C14H15NOS. The largest absolute Gasteiger partial charge is 0.300 e. The van der Waals surface area contributed by atoms with Gasteiger partial charge in [0.1, 0.15) is 5.78 Å². The summed E-state index contributed by atoms with van der Waals surface area (Å²) in [6.45, 7) is 3.70. The lowest BCUT2D eigenvalue weighted by Crippen LogP contribution is -1.92. The molecule has 3 heteroatoms. The average molecular weight is 245 g/mol. The third-order valence-electron chi connectivity index (χ3n) is 2.46. The zero-order chi connectivity index (χ0) is 12.3. The van der Waals surface area contributed by atoms with Gasteiger partial charge in [-0.3, -0.25) is 4.79 Å². The van der Waals surface area contributed by atoms with Crippen LogP contribution in [0.5, 0.6) is 0 Å². The topological polar surface area (TPSA) is 30.0 Å². The Bertz CT molecular complexity index is 531. The van der Waals surface area contributed by atoms with Gasteiger partial charge >= 0.3 is 0 Å². The Balaban J connectivity index is 2.08. The van der Waals surface area contributed by atoms with E-state index in [-0.39, 0.29) is 5.78 Å². The predicted octanol–water partition coefficient (Wildman–Crippen LogP) is 3.17. The molecule has 1 heterocycles. The maximum atomic E-state index is 11.0. The second kappa shape index (κ2) is 5.23. The summed E-state index contributed by atoms with van der Waals surface area (Å²) < 4.78 is 0. The van der Waals surface area contributed by atoms with E-state index in [0.29, 0.717) is 6.42 Å². The number of nitrogens with zero attached hydrogens (tertiary/aromatic N) is 1. The molecule has 17 heavy (non-hydrogen) atoms. The first-order valence-electron chi connectivity index (χ1n) is 5.62. The predicted molar refractivity (Wildman–Crippen MR) is 70.5 cm³/mol. The zero-order valence-electron chi connectivity index (χ0n) is 10.1. The second-order valence-electron chi connectivity index (χ2n) is 4.26. The van der Waals surface area contributed by atoms with E-state index in [1.807, 2.05) is 6.20 Å². The van der Waals surface area contributed by atoms with Gasteiger partial charge in [-0.2, -0.15) is 0 Å². The second-order valence-corrected chi connectivity index (χ2v) is 5.46. The quantitative estimate of drug-likeness (QED) is 0.828. The van der Waals surface area contributed by atoms with Crippen molar-refractivity contribution in [3.05, 3.63) is 51.5 Å². The molecule has 0 spiro atoms. The Labute approximate surface area is 105 Å². The Kier molecular flexibility index (Phi) is 3.69. The van der Waals surface area contributed by atoms with Gasteiger partial charge < -0.3 is 0 Å². The molecule has 2 rings (SSSR count). The Morgan fingerprint density at radius 1 is 1.41 bits per heavy atom. The molecule has 1 aromatic heterocycles. The van der Waals surface area contributed by atoms with Crippen LogP contribution in [0.3, 0.4) is 0 Å². The van der Waals surface area contributed by atoms with Crippen LogP contribution in [0, 0.1) is 6.92 Å². The molecule has 0 unspecified atom stereocenters. The van der Waals surface area contributed by atoms with E-state index >= 15 is 0 Å². The van der Waals surface area contributed by atoms with Gasteiger partial charge in [-0.05, 0) is 19.4 Å². The molecule has 0 aliphatic heterocycles. The van der Waals surface area contributed by atoms with Gasteiger partial charge in [0.05, 0.1) is 5.01 Å². The lowest BCUT2D eigenvalue weighted by atomic mass is 10.1. The lowest BCUT2D eigenvalue weighted by molar-refractivity contribution is -0.116. The SMILES string of the molecule is CC(=O)Cc1cnc(Cc2cccc(C)c2)s1. The van der Waals surface area contributed by atoms with Gasteiger partial charge in [0, 0.05) is 23.9 Å². The number of carbonyl (C=O) groups is 1. The van der Waals surface area contributed by atoms with Crippen LogP contribution >= 0.6 is 11.3 Å². The minimum Gasteiger partial charge on any atom is -0.300 e. The normalized spacial score (nSPS) is 10.5. The Morgan fingerprint density at radius 2 is 2.24 bits per heavy atom. The third kappa shape index (κ3) is 3.49. The van der Waals surface area contributed by atoms with Crippen molar-refractivity contribution < 1.29 is 4.79 Å². The lowest BCUT2D eigenvalue weighted by Gasteiger charge is -1.99. The zero-order valence-corrected chi connectivity index (χ0v) is 10.9. The summed E-state index contributed by atoms with van der Waals surface area (Å²) >= 11 is 1.63. The number of thiazole rings is 1. The van der Waals surface area contributed by atoms with E-state index in [4.69, 9.17) is 0 Å². The smallest absolute Gasteiger partial charge is 0.135 e. The molecule has 88 valence electrons. The fourth-order valence-electron chi connectivity index (χ4n) is 1.75. The first-order valence-corrected chi connectivity index (χ1v) is 6.43. The number of aromatic nitrogens is 1. The van der Waals surface area contributed by atoms with Crippen molar-refractivity contribution in [3.8, 4) is 0 Å². The van der Waals surface area contributed by atoms with Crippen LogP contribution in [0.1, 0.15) is 27.9 Å². The van der Waals surface area contributed by atoms with Crippen LogP contribution in [-0.2, 0) is 17.6 Å². The van der Waals surface area contributed by atoms with Crippen molar-refractivity contribution in [1.29, 1.82) is 0 Å². The number of ketones is 1. The molecule has 0 aliphatic rings. The van der Waals surface area contributed by atoms with E-state index in [1.165, 1.54) is 11.1 Å². The monoisotopic (exact) mass is 245 g/mol. The van der Waals surface area contributed by atoms with Crippen molar-refractivity contribution >= 4 is 17.1 Å². The number of hydrogen-bond acceptors (Lipinski definition) is 3. The van der Waals surface area contributed by atoms with E-state index in [9.17, 15) is 4.79 Å². The molecule has 2 aromatic rings. The van der Waals surface area contributed by atoms with E-state index < -0.39 is 0 Å². The standard InChI is InChI=1S/C14H15NOS/c1-10-4-3-5-12(6-10)8-14-15-9-13(17-14)7-11(2)16/h3-6,9H,7-8H2,1-2H3. The molecule has 1 aromatic carbocycles. The van der Waals surface area contributed by atoms with Crippen molar-refractivity contribution in [2.75, 3.05) is 0 Å². The fraction of sp³-hybridized carbons (Fsp3) is 0.286. The molecule has 0 fully saturated rings. The number of carbonyl (C=O) groups excluding carboxylic acids is 1. The molecule has 0 amide bonds. The maximum absolute atomic E-state index is 11.0. The summed E-state index contributed by atoms with van der Waals surface area (Å²) in [5.74, 6) is 0.191. The van der Waals surface area contributed by atoms with E-state index in [1.54, 1.807) is 18.3 Å². The van der Waals surface area contributed by atoms with Gasteiger partial charge in [0.25, 0.3) is 0 Å². The fourth-order valence-corrected chi connectivity index (χ4v) is 2.78. The molecule has 0 saturated carbocycles. The first kappa shape index (κ1) is 12.0. The molecule has 0 atom stereocenters. The molecule has 0 aliphatic carbocycles. The number of Topliss-reactive ketones (excluding diaryl/α,β-unsaturated/α-hetero) is 1. The molecule has 0 N–H and O–H groups in total. The van der Waals surface area contributed by atoms with Gasteiger partial charge in [-0.15, -0.1) is 11.3 Å². The molecular weight excluding hydrogens is 230 g/mol. The van der Waals surface area contributed by atoms with Crippen LogP contribution in [0.15, 0.2) is 30.5 Å². The highest BCUT2D eigenvalue weighted by molar-refractivity contribution is 7.11. The summed E-state index contributed by atoms with van der Waals surface area (Å²) in [4.78, 5) is 16.4. The summed E-state index contributed by atoms with van der Waals surface area (Å²) in [6.07, 6.45) is 3.17. The van der Waals surface area contributed by atoms with Crippen molar-refractivity contribution in [2.24, 2.45) is 0 Å². The minimum atomic E-state index is 0.191. The summed E-state index contributed by atoms with van der Waals surface area (Å²) in [5.41, 5.74) is 2.54. The summed E-state index contributed by atoms with van der Waals surface area (Å²) in [7, 11) is 0. The van der Waals surface area contributed by atoms with Crippen molar-refractivity contribution in [2.45, 2.75) is 26.7 Å². The van der Waals surface area contributed by atoms with E-state index in [0.717, 1.165) is 16.3 Å². The summed E-state index contributed by atoms with van der Waals surface area (Å²) in [5, 5.41) is 1.08. The highest BCUT2D eigenvalue weighted by Gasteiger charge is 2.05. The minimum absolute atomic E-state index is 0.191. The highest BCUT2D eigenvalue weighted by Crippen LogP contribution is 2.18. The van der Waals surface area contributed by atoms with E-state index in [2.05, 4.69) is 36.2 Å². The average Bonchev–Trinajstić information content (AvgIpc) is 2.64. The van der Waals surface area contributed by atoms with Gasteiger partial charge in [0.2, 0.25) is 0 Å². The Morgan fingerprint density at radius 3 is 2.94 bits per heavy atom. The first-order chi connectivity index (χ1) is 8.13. The van der Waals surface area contributed by atoms with Crippen LogP contribution in [0.4, 0.5) is 0 Å².